The molecule has 0 aromatic heterocycles. The fourth-order valence-corrected chi connectivity index (χ4v) is 3.38. The molecule has 182 valence electrons. The summed E-state index contributed by atoms with van der Waals surface area (Å²) < 4.78 is 66.4. The van der Waals surface area contributed by atoms with Crippen LogP contribution in [-0.4, -0.2) is 42.2 Å². The molecule has 0 aliphatic carbocycles. The largest absolute Gasteiger partial charge is 0.417 e. The Labute approximate surface area is 195 Å². The molecule has 1 heterocycles. The van der Waals surface area contributed by atoms with Crippen molar-refractivity contribution in [3.63, 3.8) is 0 Å². The van der Waals surface area contributed by atoms with Gasteiger partial charge in [0.05, 0.1) is 35.0 Å². The van der Waals surface area contributed by atoms with Crippen molar-refractivity contribution in [3.8, 4) is 6.07 Å². The van der Waals surface area contributed by atoms with Crippen molar-refractivity contribution in [2.45, 2.75) is 6.18 Å². The highest BCUT2D eigenvalue weighted by atomic mass is 19.4. The van der Waals surface area contributed by atoms with Crippen molar-refractivity contribution in [2.24, 2.45) is 5.73 Å². The number of hydrogen-bond donors (Lipinski definition) is 4. The fourth-order valence-electron chi connectivity index (χ4n) is 3.38. The third-order valence-electron chi connectivity index (χ3n) is 5.06. The minimum absolute atomic E-state index is 0.0458. The summed E-state index contributed by atoms with van der Waals surface area (Å²) >= 11 is 0. The number of nitrogens with zero attached hydrogens (tertiary/aromatic N) is 2. The standard InChI is InChI=1S/C22H17F5N6O2/c23-15-4-2-11(7-16(15)24)19(29)18(20(30)34)17-10-33(6-5-31-17)21(35)32-13-3-1-12(9-28)14(8-13)22(25,26)27/h1-4,7-8,29,31H,5-6,10H2,(H2,30,34)(H,32,35)/b18-17+,29-19?. The topological polar surface area (TPSA) is 135 Å². The summed E-state index contributed by atoms with van der Waals surface area (Å²) in [6, 6.07) is 5.90. The lowest BCUT2D eigenvalue weighted by molar-refractivity contribution is -0.137. The second-order valence-corrected chi connectivity index (χ2v) is 7.37. The summed E-state index contributed by atoms with van der Waals surface area (Å²) in [5.74, 6) is -3.45. The zero-order chi connectivity index (χ0) is 25.9. The van der Waals surface area contributed by atoms with Crippen molar-refractivity contribution >= 4 is 23.3 Å². The molecule has 3 amide bonds. The van der Waals surface area contributed by atoms with E-state index < -0.39 is 46.6 Å². The van der Waals surface area contributed by atoms with Gasteiger partial charge in [-0.05, 0) is 36.4 Å². The van der Waals surface area contributed by atoms with Crippen LogP contribution < -0.4 is 16.4 Å². The smallest absolute Gasteiger partial charge is 0.384 e. The van der Waals surface area contributed by atoms with Crippen molar-refractivity contribution in [1.29, 1.82) is 10.7 Å². The number of nitrogens with one attached hydrogen (secondary N) is 3. The van der Waals surface area contributed by atoms with E-state index in [1.54, 1.807) is 0 Å². The molecule has 2 aromatic carbocycles. The van der Waals surface area contributed by atoms with Gasteiger partial charge < -0.3 is 21.3 Å². The number of alkyl halides is 3. The van der Waals surface area contributed by atoms with Crippen LogP contribution in [0.2, 0.25) is 0 Å². The molecule has 0 spiro atoms. The third kappa shape index (κ3) is 5.55. The summed E-state index contributed by atoms with van der Waals surface area (Å²) in [4.78, 5) is 25.9. The molecule has 1 fully saturated rings. The maximum Gasteiger partial charge on any atom is 0.417 e. The maximum atomic E-state index is 13.6. The molecule has 8 nitrogen and oxygen atoms in total. The van der Waals surface area contributed by atoms with Crippen LogP contribution >= 0.6 is 0 Å². The number of anilines is 1. The third-order valence-corrected chi connectivity index (χ3v) is 5.06. The highest BCUT2D eigenvalue weighted by Crippen LogP contribution is 2.33. The van der Waals surface area contributed by atoms with Gasteiger partial charge in [0.25, 0.3) is 5.91 Å². The van der Waals surface area contributed by atoms with Crippen molar-refractivity contribution in [2.75, 3.05) is 25.0 Å². The number of carbonyl (C=O) groups excluding carboxylic acids is 2. The van der Waals surface area contributed by atoms with Gasteiger partial charge in [-0.1, -0.05) is 0 Å². The average molecular weight is 492 g/mol. The van der Waals surface area contributed by atoms with Crippen LogP contribution in [0.3, 0.4) is 0 Å². The molecule has 2 aromatic rings. The second-order valence-electron chi connectivity index (χ2n) is 7.37. The van der Waals surface area contributed by atoms with Crippen molar-refractivity contribution in [3.05, 3.63) is 76.0 Å². The van der Waals surface area contributed by atoms with E-state index in [-0.39, 0.29) is 42.2 Å². The quantitative estimate of drug-likeness (QED) is 0.296. The first-order valence-electron chi connectivity index (χ1n) is 9.90. The Hall–Kier alpha value is -4.47. The molecule has 3 rings (SSSR count). The monoisotopic (exact) mass is 492 g/mol. The number of nitrogens with two attached hydrogens (primary N) is 1. The first-order chi connectivity index (χ1) is 16.4. The summed E-state index contributed by atoms with van der Waals surface area (Å²) in [5, 5.41) is 22.3. The highest BCUT2D eigenvalue weighted by molar-refractivity contribution is 6.27. The fraction of sp³-hybridized carbons (Fsp3) is 0.182. The molecule has 1 aliphatic rings. The van der Waals surface area contributed by atoms with E-state index in [4.69, 9.17) is 16.4 Å². The maximum absolute atomic E-state index is 13.6. The minimum Gasteiger partial charge on any atom is -0.384 e. The minimum atomic E-state index is -4.81. The Balaban J connectivity index is 1.86. The molecule has 0 unspecified atom stereocenters. The number of hydrogen-bond acceptors (Lipinski definition) is 5. The van der Waals surface area contributed by atoms with E-state index in [1.807, 2.05) is 0 Å². The van der Waals surface area contributed by atoms with Gasteiger partial charge in [-0.25, -0.2) is 13.6 Å². The summed E-state index contributed by atoms with van der Waals surface area (Å²) in [6.45, 7) is -0.0906. The lowest BCUT2D eigenvalue weighted by atomic mass is 9.99. The van der Waals surface area contributed by atoms with Crippen LogP contribution in [0.4, 0.5) is 32.4 Å². The molecule has 0 radical (unpaired) electrons. The molecule has 13 heteroatoms. The number of nitriles is 1. The van der Waals surface area contributed by atoms with Gasteiger partial charge in [-0.15, -0.1) is 0 Å². The van der Waals surface area contributed by atoms with Crippen LogP contribution in [0.5, 0.6) is 0 Å². The van der Waals surface area contributed by atoms with Crippen LogP contribution in [0.1, 0.15) is 16.7 Å². The van der Waals surface area contributed by atoms with E-state index in [2.05, 4.69) is 10.6 Å². The van der Waals surface area contributed by atoms with Crippen LogP contribution in [-0.2, 0) is 11.0 Å². The Morgan fingerprint density at radius 3 is 2.46 bits per heavy atom. The molecule has 5 N–H and O–H groups in total. The lowest BCUT2D eigenvalue weighted by Crippen LogP contribution is -2.48. The van der Waals surface area contributed by atoms with Crippen LogP contribution in [0, 0.1) is 28.4 Å². The van der Waals surface area contributed by atoms with E-state index in [9.17, 15) is 31.5 Å². The summed E-state index contributed by atoms with van der Waals surface area (Å²) in [5.41, 5.74) is 2.41. The zero-order valence-electron chi connectivity index (χ0n) is 17.8. The predicted molar refractivity (Wildman–Crippen MR) is 114 cm³/mol. The molecule has 0 saturated carbocycles. The van der Waals surface area contributed by atoms with Gasteiger partial charge in [-0.2, -0.15) is 18.4 Å². The van der Waals surface area contributed by atoms with Gasteiger partial charge in [0.15, 0.2) is 11.6 Å². The molecular weight excluding hydrogens is 475 g/mol. The van der Waals surface area contributed by atoms with Gasteiger partial charge in [0.1, 0.15) is 0 Å². The number of urea groups is 1. The highest BCUT2D eigenvalue weighted by Gasteiger charge is 2.34. The number of rotatable bonds is 4. The molecular formula is C22H17F5N6O2. The van der Waals surface area contributed by atoms with E-state index >= 15 is 0 Å². The Morgan fingerprint density at radius 1 is 1.14 bits per heavy atom. The number of piperazine rings is 1. The molecule has 35 heavy (non-hydrogen) atoms. The zero-order valence-corrected chi connectivity index (χ0v) is 17.8. The number of carbonyl (C=O) groups is 2. The van der Waals surface area contributed by atoms with Gasteiger partial charge in [-0.3, -0.25) is 10.2 Å². The number of halogens is 5. The second kappa shape index (κ2) is 9.80. The SMILES string of the molecule is N#Cc1ccc(NC(=O)N2CCN/C(=C(\C(=N)c3ccc(F)c(F)c3)C(N)=O)C2)cc1C(F)(F)F. The Bertz CT molecular complexity index is 1280. The molecule has 0 atom stereocenters. The van der Waals surface area contributed by atoms with E-state index in [0.717, 1.165) is 35.2 Å². The van der Waals surface area contributed by atoms with E-state index in [1.165, 1.54) is 6.07 Å². The first-order valence-corrected chi connectivity index (χ1v) is 9.90. The average Bonchev–Trinajstić information content (AvgIpc) is 2.80. The van der Waals surface area contributed by atoms with Crippen molar-refractivity contribution in [1.82, 2.24) is 10.2 Å². The Morgan fingerprint density at radius 2 is 1.86 bits per heavy atom. The van der Waals surface area contributed by atoms with Gasteiger partial charge in [0, 0.05) is 30.0 Å². The molecule has 0 bridgehead atoms. The molecule has 1 saturated heterocycles. The van der Waals surface area contributed by atoms with Crippen molar-refractivity contribution < 1.29 is 31.5 Å². The lowest BCUT2D eigenvalue weighted by Gasteiger charge is -2.31. The van der Waals surface area contributed by atoms with Crippen LogP contribution in [0.15, 0.2) is 47.7 Å². The summed E-state index contributed by atoms with van der Waals surface area (Å²) in [6.07, 6.45) is -4.81. The van der Waals surface area contributed by atoms with E-state index in [0.29, 0.717) is 6.07 Å². The Kier molecular flexibility index (Phi) is 7.04. The normalized spacial score (nSPS) is 15.0. The van der Waals surface area contributed by atoms with Crippen LogP contribution in [0.25, 0.3) is 0 Å². The van der Waals surface area contributed by atoms with Gasteiger partial charge >= 0.3 is 12.2 Å². The number of amides is 3. The predicted octanol–water partition coefficient (Wildman–Crippen LogP) is 3.10. The first kappa shape index (κ1) is 25.2. The number of benzene rings is 2. The summed E-state index contributed by atoms with van der Waals surface area (Å²) in [7, 11) is 0. The molecule has 1 aliphatic heterocycles. The van der Waals surface area contributed by atoms with Gasteiger partial charge in [0.2, 0.25) is 0 Å². The number of primary amides is 1.